The van der Waals surface area contributed by atoms with Gasteiger partial charge >= 0.3 is 19.2 Å². The summed E-state index contributed by atoms with van der Waals surface area (Å²) in [6, 6.07) is 5.43. The Morgan fingerprint density at radius 3 is 1.92 bits per heavy atom. The first kappa shape index (κ1) is 19.2. The van der Waals surface area contributed by atoms with Crippen LogP contribution in [-0.2, 0) is 23.2 Å². The van der Waals surface area contributed by atoms with Gasteiger partial charge in [-0.3, -0.25) is 14.2 Å². The van der Waals surface area contributed by atoms with E-state index in [0.717, 1.165) is 0 Å². The van der Waals surface area contributed by atoms with E-state index >= 15 is 0 Å². The molecule has 136 valence electrons. The molecule has 0 bridgehead atoms. The first-order valence-electron chi connectivity index (χ1n) is 7.16. The molecule has 8 nitrogen and oxygen atoms in total. The monoisotopic (exact) mass is 377 g/mol. The van der Waals surface area contributed by atoms with Crippen LogP contribution in [0.25, 0.3) is 0 Å². The molecule has 0 unspecified atom stereocenters. The molecule has 1 aromatic carbocycles. The first-order chi connectivity index (χ1) is 11.7. The molecule has 0 radical (unpaired) electrons. The van der Waals surface area contributed by atoms with Crippen LogP contribution in [0, 0.1) is 0 Å². The van der Waals surface area contributed by atoms with Crippen molar-refractivity contribution in [1.29, 1.82) is 0 Å². The molecular formula is C14H14F2NO7P. The lowest BCUT2D eigenvalue weighted by Crippen LogP contribution is -2.40. The van der Waals surface area contributed by atoms with Gasteiger partial charge in [-0.2, -0.15) is 8.78 Å². The third-order valence-corrected chi connectivity index (χ3v) is 5.19. The minimum Gasteiger partial charge on any atom is -0.323 e. The van der Waals surface area contributed by atoms with Crippen LogP contribution in [0.15, 0.2) is 24.3 Å². The van der Waals surface area contributed by atoms with Crippen molar-refractivity contribution < 1.29 is 41.6 Å². The van der Waals surface area contributed by atoms with Crippen molar-refractivity contribution in [3.8, 4) is 0 Å². The van der Waals surface area contributed by atoms with Crippen LogP contribution in [0.3, 0.4) is 0 Å². The summed E-state index contributed by atoms with van der Waals surface area (Å²) in [6.07, 6.45) is 0. The zero-order chi connectivity index (χ0) is 18.8. The highest BCUT2D eigenvalue weighted by atomic mass is 31.2. The van der Waals surface area contributed by atoms with Gasteiger partial charge in [-0.25, -0.2) is 4.79 Å². The van der Waals surface area contributed by atoms with Crippen molar-refractivity contribution in [2.24, 2.45) is 0 Å². The van der Waals surface area contributed by atoms with E-state index in [4.69, 9.17) is 0 Å². The lowest BCUT2D eigenvalue weighted by atomic mass is 10.1. The van der Waals surface area contributed by atoms with Crippen molar-refractivity contribution in [1.82, 2.24) is 5.06 Å². The zero-order valence-corrected chi connectivity index (χ0v) is 14.1. The number of halogens is 2. The average Bonchev–Trinajstić information content (AvgIpc) is 2.80. The molecule has 2 rings (SSSR count). The summed E-state index contributed by atoms with van der Waals surface area (Å²) in [5.41, 5.74) is -4.93. The fraction of sp³-hybridized carbons (Fsp3) is 0.357. The summed E-state index contributed by atoms with van der Waals surface area (Å²) < 4.78 is 49.5. The number of hydrogen-bond donors (Lipinski definition) is 0. The van der Waals surface area contributed by atoms with E-state index in [1.807, 2.05) is 0 Å². The second-order valence-electron chi connectivity index (χ2n) is 4.70. The number of hydroxylamine groups is 2. The normalized spacial score (nSPS) is 14.6. The van der Waals surface area contributed by atoms with Crippen LogP contribution in [0.5, 0.6) is 0 Å². The smallest absolute Gasteiger partial charge is 0.323 e. The number of amides is 2. The number of nitrogens with zero attached hydrogens (tertiary/aromatic N) is 1. The van der Waals surface area contributed by atoms with Crippen LogP contribution >= 0.6 is 7.60 Å². The van der Waals surface area contributed by atoms with Gasteiger partial charge in [0.25, 0.3) is 11.8 Å². The van der Waals surface area contributed by atoms with Gasteiger partial charge in [0.05, 0.1) is 24.3 Å². The summed E-state index contributed by atoms with van der Waals surface area (Å²) in [7, 11) is -5.21. The van der Waals surface area contributed by atoms with Crippen LogP contribution in [0.1, 0.15) is 34.6 Å². The molecule has 25 heavy (non-hydrogen) atoms. The highest BCUT2D eigenvalue weighted by Gasteiger charge is 2.62. The predicted octanol–water partition coefficient (Wildman–Crippen LogP) is 2.60. The molecule has 0 spiro atoms. The summed E-state index contributed by atoms with van der Waals surface area (Å²) in [4.78, 5) is 40.1. The highest BCUT2D eigenvalue weighted by Crippen LogP contribution is 2.62. The van der Waals surface area contributed by atoms with E-state index in [2.05, 4.69) is 13.9 Å². The molecule has 1 aliphatic rings. The van der Waals surface area contributed by atoms with Crippen molar-refractivity contribution in [2.45, 2.75) is 19.5 Å². The molecule has 0 fully saturated rings. The van der Waals surface area contributed by atoms with Crippen LogP contribution < -0.4 is 0 Å². The molecule has 11 heteroatoms. The SMILES string of the molecule is CCOP(=O)(OCC)C(F)(F)C(=O)ON1C(=O)c2ccccc2C1=O. The second-order valence-corrected chi connectivity index (χ2v) is 6.78. The molecular weight excluding hydrogens is 363 g/mol. The Morgan fingerprint density at radius 1 is 1.08 bits per heavy atom. The molecule has 0 saturated heterocycles. The van der Waals surface area contributed by atoms with Crippen molar-refractivity contribution >= 4 is 25.4 Å². The van der Waals surface area contributed by atoms with Gasteiger partial charge in [-0.15, -0.1) is 0 Å². The maximum absolute atomic E-state index is 14.2. The van der Waals surface area contributed by atoms with Crippen LogP contribution in [-0.4, -0.2) is 41.7 Å². The minimum absolute atomic E-state index is 0.108. The summed E-state index contributed by atoms with van der Waals surface area (Å²) in [6.45, 7) is 1.70. The molecule has 0 N–H and O–H groups in total. The molecule has 0 atom stereocenters. The summed E-state index contributed by atoms with van der Waals surface area (Å²) >= 11 is 0. The molecule has 0 aromatic heterocycles. The Morgan fingerprint density at radius 2 is 1.52 bits per heavy atom. The number of fused-ring (bicyclic) bond motifs is 1. The molecule has 1 aliphatic heterocycles. The maximum atomic E-state index is 14.2. The lowest BCUT2D eigenvalue weighted by molar-refractivity contribution is -0.188. The molecule has 2 amide bonds. The Bertz CT molecular complexity index is 722. The Labute approximate surface area is 141 Å². The Balaban J connectivity index is 2.26. The van der Waals surface area contributed by atoms with E-state index in [0.29, 0.717) is 0 Å². The third kappa shape index (κ3) is 3.20. The van der Waals surface area contributed by atoms with E-state index in [9.17, 15) is 27.7 Å². The van der Waals surface area contributed by atoms with Gasteiger partial charge in [0.15, 0.2) is 0 Å². The van der Waals surface area contributed by atoms with Crippen molar-refractivity contribution in [3.05, 3.63) is 35.4 Å². The minimum atomic E-state index is -5.21. The number of imide groups is 1. The van der Waals surface area contributed by atoms with E-state index in [-0.39, 0.29) is 16.2 Å². The standard InChI is InChI=1S/C14H14F2NO7P/c1-3-22-25(21,23-4-2)14(15,16)13(20)24-17-11(18)9-7-5-6-8-10(9)12(17)19/h5-8H,3-4H2,1-2H3. The Kier molecular flexibility index (Phi) is 5.36. The van der Waals surface area contributed by atoms with Gasteiger partial charge in [0, 0.05) is 0 Å². The van der Waals surface area contributed by atoms with Crippen molar-refractivity contribution in [3.63, 3.8) is 0 Å². The highest BCUT2D eigenvalue weighted by molar-refractivity contribution is 7.56. The number of alkyl halides is 2. The largest absolute Gasteiger partial charge is 0.443 e. The maximum Gasteiger partial charge on any atom is 0.443 e. The Hall–Kier alpha value is -2.16. The molecule has 0 saturated carbocycles. The number of hydrogen-bond acceptors (Lipinski definition) is 7. The quantitative estimate of drug-likeness (QED) is 0.532. The molecule has 0 aliphatic carbocycles. The van der Waals surface area contributed by atoms with Crippen LogP contribution in [0.4, 0.5) is 8.78 Å². The van der Waals surface area contributed by atoms with Gasteiger partial charge < -0.3 is 13.9 Å². The second kappa shape index (κ2) is 6.99. The number of carbonyl (C=O) groups is 3. The third-order valence-electron chi connectivity index (χ3n) is 3.12. The first-order valence-corrected chi connectivity index (χ1v) is 8.71. The zero-order valence-electron chi connectivity index (χ0n) is 13.2. The van der Waals surface area contributed by atoms with Gasteiger partial charge in [-0.05, 0) is 26.0 Å². The van der Waals surface area contributed by atoms with E-state index in [1.165, 1.54) is 38.1 Å². The lowest BCUT2D eigenvalue weighted by Gasteiger charge is -2.24. The van der Waals surface area contributed by atoms with Crippen molar-refractivity contribution in [2.75, 3.05) is 13.2 Å². The van der Waals surface area contributed by atoms with Crippen LogP contribution in [0.2, 0.25) is 0 Å². The number of benzene rings is 1. The summed E-state index contributed by atoms with van der Waals surface area (Å²) in [5.74, 6) is -4.58. The molecule has 1 aromatic rings. The van der Waals surface area contributed by atoms with E-state index < -0.39 is 44.3 Å². The van der Waals surface area contributed by atoms with Gasteiger partial charge in [-0.1, -0.05) is 17.2 Å². The topological polar surface area (TPSA) is 99.2 Å². The average molecular weight is 377 g/mol. The predicted molar refractivity (Wildman–Crippen MR) is 78.8 cm³/mol. The molecule has 1 heterocycles. The summed E-state index contributed by atoms with van der Waals surface area (Å²) in [5, 5.41) is -0.108. The van der Waals surface area contributed by atoms with Gasteiger partial charge in [0.1, 0.15) is 0 Å². The fourth-order valence-corrected chi connectivity index (χ4v) is 3.38. The fourth-order valence-electron chi connectivity index (χ4n) is 2.04. The van der Waals surface area contributed by atoms with Gasteiger partial charge in [0.2, 0.25) is 0 Å². The van der Waals surface area contributed by atoms with E-state index in [1.54, 1.807) is 0 Å². The number of carbonyl (C=O) groups excluding carboxylic acids is 3. The number of rotatable bonds is 7.